The topological polar surface area (TPSA) is 93.5 Å². The average molecular weight is 349 g/mol. The Morgan fingerprint density at radius 2 is 1.80 bits per heavy atom. The summed E-state index contributed by atoms with van der Waals surface area (Å²) in [5.74, 6) is -0.257. The van der Waals surface area contributed by atoms with Crippen LogP contribution in [0.15, 0.2) is 24.3 Å². The van der Waals surface area contributed by atoms with E-state index in [4.69, 9.17) is 10.5 Å². The van der Waals surface area contributed by atoms with E-state index in [1.807, 2.05) is 24.3 Å². The first-order valence-electron chi connectivity index (χ1n) is 8.84. The smallest absolute Gasteiger partial charge is 0.408 e. The standard InChI is InChI=1S/C19H31N3O3/c1-5-14-9-11-15(12-10-14)21-17(23)16(8-6-7-13-20)22-18(24)25-19(2,3)4/h9-12,16H,5-8,13,20H2,1-4H3,(H,21,23)(H,22,24)/t16-/m0/s1. The molecule has 4 N–H and O–H groups in total. The Morgan fingerprint density at radius 3 is 2.32 bits per heavy atom. The number of hydrogen-bond acceptors (Lipinski definition) is 4. The van der Waals surface area contributed by atoms with Crippen molar-refractivity contribution in [1.29, 1.82) is 0 Å². The number of rotatable bonds is 8. The fourth-order valence-electron chi connectivity index (χ4n) is 2.26. The number of ether oxygens (including phenoxy) is 1. The number of alkyl carbamates (subject to hydrolysis) is 1. The van der Waals surface area contributed by atoms with Gasteiger partial charge in [-0.25, -0.2) is 4.79 Å². The Balaban J connectivity index is 2.71. The predicted octanol–water partition coefficient (Wildman–Crippen LogP) is 3.21. The number of anilines is 1. The van der Waals surface area contributed by atoms with Crippen LogP contribution in [-0.4, -0.2) is 30.2 Å². The van der Waals surface area contributed by atoms with Crippen LogP contribution in [0.4, 0.5) is 10.5 Å². The molecule has 0 heterocycles. The largest absolute Gasteiger partial charge is 0.444 e. The molecule has 6 heteroatoms. The molecule has 25 heavy (non-hydrogen) atoms. The van der Waals surface area contributed by atoms with Gasteiger partial charge in [-0.05, 0) is 70.7 Å². The fraction of sp³-hybridized carbons (Fsp3) is 0.579. The number of nitrogens with two attached hydrogens (primary N) is 1. The third kappa shape index (κ3) is 8.54. The second-order valence-corrected chi connectivity index (χ2v) is 7.02. The molecule has 0 bridgehead atoms. The molecular weight excluding hydrogens is 318 g/mol. The van der Waals surface area contributed by atoms with E-state index in [0.29, 0.717) is 18.7 Å². The molecule has 0 unspecified atom stereocenters. The molecule has 0 fully saturated rings. The Labute approximate surface area is 150 Å². The lowest BCUT2D eigenvalue weighted by atomic mass is 10.1. The Bertz CT molecular complexity index is 550. The third-order valence-corrected chi connectivity index (χ3v) is 3.58. The molecule has 0 radical (unpaired) electrons. The second-order valence-electron chi connectivity index (χ2n) is 7.02. The molecule has 1 atom stereocenters. The summed E-state index contributed by atoms with van der Waals surface area (Å²) in [6.45, 7) is 7.98. The van der Waals surface area contributed by atoms with Crippen molar-refractivity contribution in [2.75, 3.05) is 11.9 Å². The molecule has 0 spiro atoms. The van der Waals surface area contributed by atoms with Crippen LogP contribution in [0.25, 0.3) is 0 Å². The predicted molar refractivity (Wildman–Crippen MR) is 101 cm³/mol. The first kappa shape index (κ1) is 21.0. The SMILES string of the molecule is CCc1ccc(NC(=O)[C@H](CCCCN)NC(=O)OC(C)(C)C)cc1. The summed E-state index contributed by atoms with van der Waals surface area (Å²) in [5.41, 5.74) is 6.80. The van der Waals surface area contributed by atoms with Gasteiger partial charge >= 0.3 is 6.09 Å². The van der Waals surface area contributed by atoms with Gasteiger partial charge in [0.25, 0.3) is 0 Å². The maximum Gasteiger partial charge on any atom is 0.408 e. The minimum absolute atomic E-state index is 0.257. The number of carbonyl (C=O) groups is 2. The molecule has 0 saturated carbocycles. The van der Waals surface area contributed by atoms with Crippen molar-refractivity contribution in [3.63, 3.8) is 0 Å². The van der Waals surface area contributed by atoms with Crippen LogP contribution in [0, 0.1) is 0 Å². The van der Waals surface area contributed by atoms with Crippen LogP contribution < -0.4 is 16.4 Å². The fourth-order valence-corrected chi connectivity index (χ4v) is 2.26. The van der Waals surface area contributed by atoms with Gasteiger partial charge in [0, 0.05) is 5.69 Å². The van der Waals surface area contributed by atoms with Crippen LogP contribution in [-0.2, 0) is 16.0 Å². The van der Waals surface area contributed by atoms with E-state index in [1.165, 1.54) is 5.56 Å². The number of amides is 2. The summed E-state index contributed by atoms with van der Waals surface area (Å²) in [7, 11) is 0. The molecular formula is C19H31N3O3. The highest BCUT2D eigenvalue weighted by molar-refractivity contribution is 5.96. The minimum atomic E-state index is -0.660. The third-order valence-electron chi connectivity index (χ3n) is 3.58. The van der Waals surface area contributed by atoms with E-state index in [9.17, 15) is 9.59 Å². The molecule has 6 nitrogen and oxygen atoms in total. The molecule has 0 saturated heterocycles. The van der Waals surface area contributed by atoms with Crippen molar-refractivity contribution in [2.45, 2.75) is 65.0 Å². The highest BCUT2D eigenvalue weighted by Gasteiger charge is 2.24. The van der Waals surface area contributed by atoms with Gasteiger partial charge in [-0.1, -0.05) is 19.1 Å². The van der Waals surface area contributed by atoms with E-state index in [-0.39, 0.29) is 5.91 Å². The summed E-state index contributed by atoms with van der Waals surface area (Å²) < 4.78 is 5.25. The second kappa shape index (κ2) is 10.0. The van der Waals surface area contributed by atoms with Crippen LogP contribution in [0.3, 0.4) is 0 Å². The van der Waals surface area contributed by atoms with Crippen molar-refractivity contribution in [3.8, 4) is 0 Å². The lowest BCUT2D eigenvalue weighted by Crippen LogP contribution is -2.45. The van der Waals surface area contributed by atoms with Crippen molar-refractivity contribution < 1.29 is 14.3 Å². The van der Waals surface area contributed by atoms with Gasteiger partial charge in [0.05, 0.1) is 0 Å². The number of aryl methyl sites for hydroxylation is 1. The van der Waals surface area contributed by atoms with E-state index >= 15 is 0 Å². The molecule has 0 aliphatic heterocycles. The minimum Gasteiger partial charge on any atom is -0.444 e. The van der Waals surface area contributed by atoms with Crippen molar-refractivity contribution in [2.24, 2.45) is 5.73 Å². The van der Waals surface area contributed by atoms with Gasteiger partial charge < -0.3 is 21.1 Å². The summed E-state index contributed by atoms with van der Waals surface area (Å²) in [4.78, 5) is 24.6. The number of hydrogen-bond donors (Lipinski definition) is 3. The maximum absolute atomic E-state index is 12.5. The first-order valence-corrected chi connectivity index (χ1v) is 8.84. The van der Waals surface area contributed by atoms with Crippen LogP contribution in [0.5, 0.6) is 0 Å². The van der Waals surface area contributed by atoms with E-state index in [0.717, 1.165) is 19.3 Å². The van der Waals surface area contributed by atoms with Crippen LogP contribution >= 0.6 is 0 Å². The highest BCUT2D eigenvalue weighted by Crippen LogP contribution is 2.13. The van der Waals surface area contributed by atoms with Gasteiger partial charge in [-0.2, -0.15) is 0 Å². The zero-order valence-electron chi connectivity index (χ0n) is 15.7. The average Bonchev–Trinajstić information content (AvgIpc) is 2.53. The zero-order valence-corrected chi connectivity index (χ0v) is 15.7. The van der Waals surface area contributed by atoms with Gasteiger partial charge in [0.2, 0.25) is 5.91 Å². The van der Waals surface area contributed by atoms with Crippen molar-refractivity contribution in [3.05, 3.63) is 29.8 Å². The highest BCUT2D eigenvalue weighted by atomic mass is 16.6. The number of nitrogens with one attached hydrogen (secondary N) is 2. The van der Waals surface area contributed by atoms with Crippen molar-refractivity contribution in [1.82, 2.24) is 5.32 Å². The Morgan fingerprint density at radius 1 is 1.16 bits per heavy atom. The lowest BCUT2D eigenvalue weighted by molar-refractivity contribution is -0.118. The summed E-state index contributed by atoms with van der Waals surface area (Å²) in [6.07, 6.45) is 2.40. The summed E-state index contributed by atoms with van der Waals surface area (Å²) in [5, 5.41) is 5.51. The van der Waals surface area contributed by atoms with Crippen LogP contribution in [0.1, 0.15) is 52.5 Å². The van der Waals surface area contributed by atoms with E-state index in [2.05, 4.69) is 17.6 Å². The van der Waals surface area contributed by atoms with E-state index in [1.54, 1.807) is 20.8 Å². The Hall–Kier alpha value is -2.08. The molecule has 0 aromatic heterocycles. The molecule has 1 aromatic carbocycles. The molecule has 1 rings (SSSR count). The first-order chi connectivity index (χ1) is 11.7. The lowest BCUT2D eigenvalue weighted by Gasteiger charge is -2.23. The van der Waals surface area contributed by atoms with E-state index < -0.39 is 17.7 Å². The summed E-state index contributed by atoms with van der Waals surface area (Å²) in [6, 6.07) is 7.01. The summed E-state index contributed by atoms with van der Waals surface area (Å²) >= 11 is 0. The normalized spacial score (nSPS) is 12.4. The number of carbonyl (C=O) groups excluding carboxylic acids is 2. The molecule has 1 aromatic rings. The number of benzene rings is 1. The Kier molecular flexibility index (Phi) is 8.41. The molecule has 0 aliphatic carbocycles. The van der Waals surface area contributed by atoms with Gasteiger partial charge in [0.1, 0.15) is 11.6 Å². The van der Waals surface area contributed by atoms with Gasteiger partial charge in [-0.3, -0.25) is 4.79 Å². The molecule has 0 aliphatic rings. The zero-order chi connectivity index (χ0) is 18.9. The van der Waals surface area contributed by atoms with Crippen molar-refractivity contribution >= 4 is 17.7 Å². The monoisotopic (exact) mass is 349 g/mol. The van der Waals surface area contributed by atoms with Crippen LogP contribution in [0.2, 0.25) is 0 Å². The number of unbranched alkanes of at least 4 members (excludes halogenated alkanes) is 1. The molecule has 2 amide bonds. The maximum atomic E-state index is 12.5. The molecule has 140 valence electrons. The van der Waals surface area contributed by atoms with Gasteiger partial charge in [-0.15, -0.1) is 0 Å². The van der Waals surface area contributed by atoms with Gasteiger partial charge in [0.15, 0.2) is 0 Å². The quantitative estimate of drug-likeness (QED) is 0.628.